The van der Waals surface area contributed by atoms with Gasteiger partial charge in [0.15, 0.2) is 17.3 Å². The molecule has 0 saturated heterocycles. The van der Waals surface area contributed by atoms with Crippen LogP contribution < -0.4 is 4.74 Å². The summed E-state index contributed by atoms with van der Waals surface area (Å²) in [7, 11) is 0. The van der Waals surface area contributed by atoms with Crippen molar-refractivity contribution < 1.29 is 13.9 Å². The summed E-state index contributed by atoms with van der Waals surface area (Å²) in [5.74, 6) is -0.767. The Balaban J connectivity index is 1.92. The summed E-state index contributed by atoms with van der Waals surface area (Å²) in [4.78, 5) is 11.7. The van der Waals surface area contributed by atoms with E-state index in [2.05, 4.69) is 0 Å². The summed E-state index contributed by atoms with van der Waals surface area (Å²) < 4.78 is 18.7. The van der Waals surface area contributed by atoms with Crippen LogP contribution in [-0.2, 0) is 11.2 Å². The topological polar surface area (TPSA) is 26.3 Å². The van der Waals surface area contributed by atoms with Crippen molar-refractivity contribution in [3.8, 4) is 5.75 Å². The van der Waals surface area contributed by atoms with Crippen molar-refractivity contribution in [2.24, 2.45) is 0 Å². The summed E-state index contributed by atoms with van der Waals surface area (Å²) in [5, 5.41) is -0.0204. The molecule has 0 radical (unpaired) electrons. The lowest BCUT2D eigenvalue weighted by Crippen LogP contribution is -2.14. The minimum atomic E-state index is -0.642. The fourth-order valence-electron chi connectivity index (χ4n) is 1.63. The first kappa shape index (κ1) is 13.6. The average Bonchev–Trinajstić information content (AvgIpc) is 2.42. The summed E-state index contributed by atoms with van der Waals surface area (Å²) in [6.07, 6.45) is 0.267. The Labute approximate surface area is 115 Å². The second-order valence-corrected chi connectivity index (χ2v) is 4.45. The molecule has 98 valence electrons. The molecule has 0 fully saturated rings. The maximum Gasteiger partial charge on any atom is 0.183 e. The number of Topliss-reactive ketones (excluding diaryl/α,β-unsaturated/α-hetero) is 1. The predicted molar refractivity (Wildman–Crippen MR) is 72.1 cm³/mol. The number of ether oxygens (including phenoxy) is 1. The van der Waals surface area contributed by atoms with Crippen LogP contribution in [0.15, 0.2) is 48.5 Å². The van der Waals surface area contributed by atoms with Crippen LogP contribution in [-0.4, -0.2) is 12.4 Å². The normalized spacial score (nSPS) is 10.2. The minimum Gasteiger partial charge on any atom is -0.483 e. The molecule has 4 heteroatoms. The molecule has 0 unspecified atom stereocenters. The molecule has 0 N–H and O–H groups in total. The van der Waals surface area contributed by atoms with Gasteiger partial charge in [-0.05, 0) is 17.7 Å². The number of halogens is 2. The lowest BCUT2D eigenvalue weighted by Gasteiger charge is -2.07. The number of rotatable bonds is 5. The molecule has 2 nitrogen and oxygen atoms in total. The second-order valence-electron chi connectivity index (χ2n) is 4.04. The predicted octanol–water partition coefficient (Wildman–Crippen LogP) is 3.67. The quantitative estimate of drug-likeness (QED) is 0.834. The monoisotopic (exact) mass is 278 g/mol. The first-order valence-corrected chi connectivity index (χ1v) is 6.17. The van der Waals surface area contributed by atoms with Crippen LogP contribution >= 0.6 is 11.6 Å². The zero-order valence-electron chi connectivity index (χ0n) is 10.1. The molecule has 2 rings (SSSR count). The first-order chi connectivity index (χ1) is 9.16. The van der Waals surface area contributed by atoms with E-state index in [0.29, 0.717) is 0 Å². The Morgan fingerprint density at radius 1 is 1.11 bits per heavy atom. The molecule has 0 saturated carbocycles. The molecule has 0 bridgehead atoms. The molecule has 0 atom stereocenters. The molecule has 19 heavy (non-hydrogen) atoms. The van der Waals surface area contributed by atoms with Crippen LogP contribution in [0.3, 0.4) is 0 Å². The minimum absolute atomic E-state index is 0.00564. The summed E-state index contributed by atoms with van der Waals surface area (Å²) in [5.41, 5.74) is 0.905. The van der Waals surface area contributed by atoms with Crippen LogP contribution in [0.4, 0.5) is 4.39 Å². The van der Waals surface area contributed by atoms with Gasteiger partial charge in [-0.3, -0.25) is 4.79 Å². The van der Waals surface area contributed by atoms with E-state index in [-0.39, 0.29) is 29.6 Å². The van der Waals surface area contributed by atoms with E-state index in [9.17, 15) is 9.18 Å². The van der Waals surface area contributed by atoms with Crippen LogP contribution in [0.5, 0.6) is 5.75 Å². The lowest BCUT2D eigenvalue weighted by molar-refractivity contribution is -0.120. The second kappa shape index (κ2) is 6.34. The Hall–Kier alpha value is -1.87. The van der Waals surface area contributed by atoms with Crippen LogP contribution in [0.25, 0.3) is 0 Å². The third kappa shape index (κ3) is 3.80. The van der Waals surface area contributed by atoms with Crippen molar-refractivity contribution in [2.75, 3.05) is 6.61 Å². The van der Waals surface area contributed by atoms with Gasteiger partial charge in [-0.15, -0.1) is 0 Å². The number of hydrogen-bond acceptors (Lipinski definition) is 2. The maximum atomic E-state index is 13.5. The van der Waals surface area contributed by atoms with Gasteiger partial charge in [0.1, 0.15) is 6.61 Å². The first-order valence-electron chi connectivity index (χ1n) is 5.79. The number of carbonyl (C=O) groups is 1. The van der Waals surface area contributed by atoms with Gasteiger partial charge in [-0.25, -0.2) is 4.39 Å². The number of carbonyl (C=O) groups excluding carboxylic acids is 1. The third-order valence-corrected chi connectivity index (χ3v) is 2.84. The fourth-order valence-corrected chi connectivity index (χ4v) is 1.79. The van der Waals surface area contributed by atoms with Gasteiger partial charge in [-0.1, -0.05) is 48.0 Å². The van der Waals surface area contributed by atoms with Gasteiger partial charge >= 0.3 is 0 Å². The average molecular weight is 279 g/mol. The number of ketones is 1. The molecule has 0 spiro atoms. The zero-order chi connectivity index (χ0) is 13.7. The number of benzene rings is 2. The van der Waals surface area contributed by atoms with E-state index in [1.807, 2.05) is 30.3 Å². The third-order valence-electron chi connectivity index (χ3n) is 2.55. The Morgan fingerprint density at radius 2 is 1.84 bits per heavy atom. The van der Waals surface area contributed by atoms with Crippen molar-refractivity contribution in [3.63, 3.8) is 0 Å². The molecule has 2 aromatic rings. The molecule has 0 aliphatic carbocycles. The van der Waals surface area contributed by atoms with E-state index in [0.717, 1.165) is 5.56 Å². The van der Waals surface area contributed by atoms with E-state index in [1.165, 1.54) is 12.1 Å². The Bertz CT molecular complexity index is 570. The molecule has 0 aromatic heterocycles. The SMILES string of the molecule is O=C(COc1cccc(Cl)c1F)Cc1ccccc1. The maximum absolute atomic E-state index is 13.5. The van der Waals surface area contributed by atoms with Gasteiger partial charge in [0.2, 0.25) is 0 Å². The summed E-state index contributed by atoms with van der Waals surface area (Å²) >= 11 is 5.62. The molecule has 0 aliphatic rings. The van der Waals surface area contributed by atoms with Crippen molar-refractivity contribution in [1.29, 1.82) is 0 Å². The van der Waals surface area contributed by atoms with Gasteiger partial charge in [0, 0.05) is 6.42 Å². The highest BCUT2D eigenvalue weighted by Gasteiger charge is 2.10. The van der Waals surface area contributed by atoms with Crippen molar-refractivity contribution in [3.05, 3.63) is 64.9 Å². The molecule has 0 aliphatic heterocycles. The fraction of sp³-hybridized carbons (Fsp3) is 0.133. The van der Waals surface area contributed by atoms with E-state index < -0.39 is 5.82 Å². The van der Waals surface area contributed by atoms with Crippen LogP contribution in [0.1, 0.15) is 5.56 Å². The summed E-state index contributed by atoms with van der Waals surface area (Å²) in [6, 6.07) is 13.8. The molecular formula is C15H12ClFO2. The lowest BCUT2D eigenvalue weighted by atomic mass is 10.1. The largest absolute Gasteiger partial charge is 0.483 e. The van der Waals surface area contributed by atoms with Crippen molar-refractivity contribution in [2.45, 2.75) is 6.42 Å². The van der Waals surface area contributed by atoms with Gasteiger partial charge in [-0.2, -0.15) is 0 Å². The standard InChI is InChI=1S/C15H12ClFO2/c16-13-7-4-8-14(15(13)17)19-10-12(18)9-11-5-2-1-3-6-11/h1-8H,9-10H2. The summed E-state index contributed by atoms with van der Waals surface area (Å²) in [6.45, 7) is -0.174. The van der Waals surface area contributed by atoms with E-state index in [1.54, 1.807) is 6.07 Å². The Kier molecular flexibility index (Phi) is 4.53. The smallest absolute Gasteiger partial charge is 0.183 e. The molecular weight excluding hydrogens is 267 g/mol. The van der Waals surface area contributed by atoms with Crippen molar-refractivity contribution in [1.82, 2.24) is 0 Å². The van der Waals surface area contributed by atoms with Gasteiger partial charge in [0.25, 0.3) is 0 Å². The van der Waals surface area contributed by atoms with Gasteiger partial charge in [0.05, 0.1) is 5.02 Å². The van der Waals surface area contributed by atoms with Crippen LogP contribution in [0, 0.1) is 5.82 Å². The van der Waals surface area contributed by atoms with Crippen LogP contribution in [0.2, 0.25) is 5.02 Å². The van der Waals surface area contributed by atoms with E-state index in [4.69, 9.17) is 16.3 Å². The Morgan fingerprint density at radius 3 is 2.58 bits per heavy atom. The molecule has 2 aromatic carbocycles. The molecule has 0 amide bonds. The highest BCUT2D eigenvalue weighted by molar-refractivity contribution is 6.30. The van der Waals surface area contributed by atoms with E-state index >= 15 is 0 Å². The highest BCUT2D eigenvalue weighted by Crippen LogP contribution is 2.23. The molecule has 0 heterocycles. The zero-order valence-corrected chi connectivity index (χ0v) is 10.9. The highest BCUT2D eigenvalue weighted by atomic mass is 35.5. The van der Waals surface area contributed by atoms with Gasteiger partial charge < -0.3 is 4.74 Å². The van der Waals surface area contributed by atoms with Crippen molar-refractivity contribution >= 4 is 17.4 Å². The number of hydrogen-bond donors (Lipinski definition) is 0.